The Morgan fingerprint density at radius 1 is 1.07 bits per heavy atom. The number of rotatable bonds is 5. The number of sulfonamides is 1. The lowest BCUT2D eigenvalue weighted by molar-refractivity contribution is 0.102. The molecule has 2 aliphatic rings. The van der Waals surface area contributed by atoms with Crippen molar-refractivity contribution in [3.8, 4) is 0 Å². The molecule has 1 aromatic heterocycles. The van der Waals surface area contributed by atoms with Crippen LogP contribution in [-0.2, 0) is 10.0 Å². The number of hydrogen-bond donors (Lipinski definition) is 1. The summed E-state index contributed by atoms with van der Waals surface area (Å²) in [5, 5.41) is 2.73. The zero-order valence-corrected chi connectivity index (χ0v) is 15.9. The molecule has 1 aromatic carbocycles. The quantitative estimate of drug-likeness (QED) is 0.846. The second-order valence-electron chi connectivity index (χ2n) is 7.14. The zero-order chi connectivity index (χ0) is 18.9. The topological polar surface area (TPSA) is 92.5 Å². The number of anilines is 1. The van der Waals surface area contributed by atoms with Crippen LogP contribution in [0.15, 0.2) is 39.8 Å². The van der Waals surface area contributed by atoms with Gasteiger partial charge in [-0.15, -0.1) is 0 Å². The lowest BCUT2D eigenvalue weighted by Crippen LogP contribution is -2.35. The molecule has 2 heterocycles. The molecular weight excluding hydrogens is 366 g/mol. The van der Waals surface area contributed by atoms with Gasteiger partial charge in [0.1, 0.15) is 6.26 Å². The van der Waals surface area contributed by atoms with Gasteiger partial charge in [-0.1, -0.05) is 12.8 Å². The van der Waals surface area contributed by atoms with Crippen LogP contribution in [0.5, 0.6) is 0 Å². The van der Waals surface area contributed by atoms with E-state index in [-0.39, 0.29) is 16.5 Å². The second kappa shape index (κ2) is 7.44. The first-order valence-corrected chi connectivity index (χ1v) is 10.8. The molecule has 1 aliphatic carbocycles. The number of oxazole rings is 1. The van der Waals surface area contributed by atoms with Crippen molar-refractivity contribution in [3.05, 3.63) is 42.1 Å². The Hall–Kier alpha value is -2.19. The molecule has 4 rings (SSSR count). The summed E-state index contributed by atoms with van der Waals surface area (Å²) in [7, 11) is -3.47. The van der Waals surface area contributed by atoms with E-state index in [9.17, 15) is 13.2 Å². The van der Waals surface area contributed by atoms with E-state index in [1.54, 1.807) is 12.1 Å². The van der Waals surface area contributed by atoms with E-state index in [4.69, 9.17) is 4.42 Å². The summed E-state index contributed by atoms with van der Waals surface area (Å²) in [5.41, 5.74) is 0.757. The van der Waals surface area contributed by atoms with Crippen LogP contribution >= 0.6 is 0 Å². The predicted molar refractivity (Wildman–Crippen MR) is 100 cm³/mol. The molecule has 1 saturated heterocycles. The number of nitrogens with one attached hydrogen (secondary N) is 1. The van der Waals surface area contributed by atoms with Crippen molar-refractivity contribution in [2.75, 3.05) is 18.4 Å². The van der Waals surface area contributed by atoms with Crippen molar-refractivity contribution >= 4 is 21.6 Å². The number of aromatic nitrogens is 1. The van der Waals surface area contributed by atoms with Crippen molar-refractivity contribution in [3.63, 3.8) is 0 Å². The van der Waals surface area contributed by atoms with Crippen LogP contribution in [0.3, 0.4) is 0 Å². The van der Waals surface area contributed by atoms with Crippen LogP contribution in [-0.4, -0.2) is 36.7 Å². The van der Waals surface area contributed by atoms with Gasteiger partial charge in [0.15, 0.2) is 11.6 Å². The molecule has 2 aromatic rings. The van der Waals surface area contributed by atoms with E-state index < -0.39 is 10.0 Å². The average Bonchev–Trinajstić information content (AvgIpc) is 3.11. The lowest BCUT2D eigenvalue weighted by atomic mass is 9.85. The van der Waals surface area contributed by atoms with Gasteiger partial charge < -0.3 is 9.73 Å². The molecule has 1 saturated carbocycles. The van der Waals surface area contributed by atoms with E-state index in [0.717, 1.165) is 32.1 Å². The molecule has 144 valence electrons. The molecule has 0 radical (unpaired) electrons. The highest BCUT2D eigenvalue weighted by Gasteiger charge is 2.27. The fourth-order valence-electron chi connectivity index (χ4n) is 3.39. The molecule has 0 unspecified atom stereocenters. The third kappa shape index (κ3) is 3.77. The fraction of sp³-hybridized carbons (Fsp3) is 0.474. The minimum absolute atomic E-state index is 0.238. The van der Waals surface area contributed by atoms with Gasteiger partial charge in [-0.05, 0) is 49.9 Å². The Bertz CT molecular complexity index is 911. The molecule has 0 spiro atoms. The number of amides is 1. The molecular formula is C19H23N3O4S. The molecule has 1 N–H and O–H groups in total. The smallest absolute Gasteiger partial charge is 0.277 e. The first kappa shape index (κ1) is 18.2. The van der Waals surface area contributed by atoms with Crippen molar-refractivity contribution < 1.29 is 17.6 Å². The van der Waals surface area contributed by atoms with Crippen LogP contribution in [0.4, 0.5) is 5.69 Å². The molecule has 1 amide bonds. The average molecular weight is 389 g/mol. The molecule has 1 aliphatic heterocycles. The summed E-state index contributed by atoms with van der Waals surface area (Å²) in [6, 6.07) is 6.26. The molecule has 8 heteroatoms. The van der Waals surface area contributed by atoms with Gasteiger partial charge in [0.25, 0.3) is 5.91 Å². The van der Waals surface area contributed by atoms with Crippen molar-refractivity contribution in [2.45, 2.75) is 49.3 Å². The number of carbonyl (C=O) groups is 1. The Balaban J connectivity index is 1.42. The molecule has 27 heavy (non-hydrogen) atoms. The monoisotopic (exact) mass is 389 g/mol. The summed E-state index contributed by atoms with van der Waals surface area (Å²) >= 11 is 0. The summed E-state index contributed by atoms with van der Waals surface area (Å²) < 4.78 is 32.2. The first-order valence-electron chi connectivity index (χ1n) is 9.41. The maximum Gasteiger partial charge on any atom is 0.277 e. The molecule has 7 nitrogen and oxygen atoms in total. The summed E-state index contributed by atoms with van der Waals surface area (Å²) in [6.07, 6.45) is 7.51. The fourth-order valence-corrected chi connectivity index (χ4v) is 4.91. The van der Waals surface area contributed by atoms with Gasteiger partial charge in [0, 0.05) is 24.7 Å². The van der Waals surface area contributed by atoms with Gasteiger partial charge in [-0.3, -0.25) is 4.79 Å². The number of nitrogens with zero attached hydrogens (tertiary/aromatic N) is 2. The highest BCUT2D eigenvalue weighted by molar-refractivity contribution is 7.89. The molecule has 0 bridgehead atoms. The maximum atomic E-state index is 12.7. The first-order chi connectivity index (χ1) is 13.0. The minimum atomic E-state index is -3.47. The van der Waals surface area contributed by atoms with Crippen molar-refractivity contribution in [2.24, 2.45) is 0 Å². The van der Waals surface area contributed by atoms with Crippen LogP contribution in [0, 0.1) is 0 Å². The molecule has 0 atom stereocenters. The van der Waals surface area contributed by atoms with Gasteiger partial charge in [-0.2, -0.15) is 4.31 Å². The van der Waals surface area contributed by atoms with Crippen molar-refractivity contribution in [1.29, 1.82) is 0 Å². The van der Waals surface area contributed by atoms with E-state index >= 15 is 0 Å². The Morgan fingerprint density at radius 2 is 1.78 bits per heavy atom. The summed E-state index contributed by atoms with van der Waals surface area (Å²) in [6.45, 7) is 1.13. The van der Waals surface area contributed by atoms with E-state index in [2.05, 4.69) is 10.3 Å². The Kier molecular flexibility index (Phi) is 5.01. The third-order valence-electron chi connectivity index (χ3n) is 5.27. The Labute approximate surface area is 158 Å². The normalized spacial score (nSPS) is 18.8. The maximum absolute atomic E-state index is 12.7. The highest BCUT2D eigenvalue weighted by Crippen LogP contribution is 2.35. The number of hydrogen-bond acceptors (Lipinski definition) is 5. The van der Waals surface area contributed by atoms with Crippen molar-refractivity contribution in [1.82, 2.24) is 9.29 Å². The number of benzene rings is 1. The van der Waals surface area contributed by atoms with E-state index in [1.165, 1.54) is 29.1 Å². The standard InChI is InChI=1S/C19H23N3O4S/c23-18(17-13-26-19(21-17)14-5-4-6-14)20-15-7-9-16(10-8-15)27(24,25)22-11-2-1-3-12-22/h7-10,13-14H,1-6,11-12H2,(H,20,23). The minimum Gasteiger partial charge on any atom is -0.448 e. The largest absolute Gasteiger partial charge is 0.448 e. The van der Waals surface area contributed by atoms with Crippen LogP contribution in [0.25, 0.3) is 0 Å². The number of piperidine rings is 1. The van der Waals surface area contributed by atoms with E-state index in [1.807, 2.05) is 0 Å². The third-order valence-corrected chi connectivity index (χ3v) is 7.19. The predicted octanol–water partition coefficient (Wildman–Crippen LogP) is 3.37. The number of carbonyl (C=O) groups excluding carboxylic acids is 1. The summed E-state index contributed by atoms with van der Waals surface area (Å²) in [4.78, 5) is 16.8. The van der Waals surface area contributed by atoms with Gasteiger partial charge in [0.2, 0.25) is 10.0 Å². The summed E-state index contributed by atoms with van der Waals surface area (Å²) in [5.74, 6) is 0.580. The SMILES string of the molecule is O=C(Nc1ccc(S(=O)(=O)N2CCCCC2)cc1)c1coc(C2CCC2)n1. The van der Waals surface area contributed by atoms with Crippen LogP contribution in [0.2, 0.25) is 0 Å². The van der Waals surface area contributed by atoms with Gasteiger partial charge >= 0.3 is 0 Å². The zero-order valence-electron chi connectivity index (χ0n) is 15.1. The van der Waals surface area contributed by atoms with E-state index in [0.29, 0.717) is 30.6 Å². The highest BCUT2D eigenvalue weighted by atomic mass is 32.2. The van der Waals surface area contributed by atoms with Gasteiger partial charge in [0.05, 0.1) is 4.90 Å². The lowest BCUT2D eigenvalue weighted by Gasteiger charge is -2.25. The van der Waals surface area contributed by atoms with Crippen LogP contribution in [0.1, 0.15) is 60.8 Å². The van der Waals surface area contributed by atoms with Gasteiger partial charge in [-0.25, -0.2) is 13.4 Å². The second-order valence-corrected chi connectivity index (χ2v) is 9.08. The molecule has 2 fully saturated rings. The Morgan fingerprint density at radius 3 is 2.41 bits per heavy atom. The van der Waals surface area contributed by atoms with Crippen LogP contribution < -0.4 is 5.32 Å².